The summed E-state index contributed by atoms with van der Waals surface area (Å²) >= 11 is 0. The summed E-state index contributed by atoms with van der Waals surface area (Å²) in [5.41, 5.74) is 3.41. The molecule has 1 heterocycles. The van der Waals surface area contributed by atoms with Crippen LogP contribution in [-0.4, -0.2) is 30.9 Å². The number of hydrogen-bond acceptors (Lipinski definition) is 5. The highest BCUT2D eigenvalue weighted by atomic mass is 16.6. The van der Waals surface area contributed by atoms with Gasteiger partial charge in [-0.2, -0.15) is 10.2 Å². The van der Waals surface area contributed by atoms with Gasteiger partial charge in [0.25, 0.3) is 0 Å². The van der Waals surface area contributed by atoms with Crippen molar-refractivity contribution in [3.63, 3.8) is 0 Å². The zero-order chi connectivity index (χ0) is 21.6. The van der Waals surface area contributed by atoms with Crippen LogP contribution in [0.2, 0.25) is 0 Å². The van der Waals surface area contributed by atoms with Crippen molar-refractivity contribution in [3.05, 3.63) is 108 Å². The highest BCUT2D eigenvalue weighted by Crippen LogP contribution is 2.40. The SMILES string of the molecule is c1ccc(CO[C@H]2[C@@H](OCc3ccccc3)[C@H]3CN=N[C@H]3[C@@H]2OCc2ccccc2)cc1. The Kier molecular flexibility index (Phi) is 6.68. The first-order valence-electron chi connectivity index (χ1n) is 11.2. The van der Waals surface area contributed by atoms with Gasteiger partial charge < -0.3 is 14.2 Å². The average Bonchev–Trinajstić information content (AvgIpc) is 3.43. The van der Waals surface area contributed by atoms with Crippen molar-refractivity contribution in [2.45, 2.75) is 44.2 Å². The van der Waals surface area contributed by atoms with Gasteiger partial charge in [-0.25, -0.2) is 0 Å². The molecule has 1 fully saturated rings. The summed E-state index contributed by atoms with van der Waals surface area (Å²) in [5.74, 6) is 0.167. The maximum atomic E-state index is 6.48. The average molecular weight is 429 g/mol. The summed E-state index contributed by atoms with van der Waals surface area (Å²) in [5, 5.41) is 8.88. The Bertz CT molecular complexity index is 997. The van der Waals surface area contributed by atoms with Crippen LogP contribution in [-0.2, 0) is 34.0 Å². The Hall–Kier alpha value is -2.86. The Morgan fingerprint density at radius 2 is 1.00 bits per heavy atom. The maximum Gasteiger partial charge on any atom is 0.113 e. The standard InChI is InChI=1S/C27H28N2O3/c1-4-10-20(11-5-1)17-30-25-23-16-28-29-24(23)26(31-18-21-12-6-2-7-13-21)27(25)32-19-22-14-8-3-9-15-22/h1-15,23-27H,16-19H2/t23-,24+,25-,26-,27-/m0/s1. The fourth-order valence-corrected chi connectivity index (χ4v) is 4.56. The van der Waals surface area contributed by atoms with Crippen LogP contribution in [0.1, 0.15) is 16.7 Å². The fraction of sp³-hybridized carbons (Fsp3) is 0.333. The smallest absolute Gasteiger partial charge is 0.113 e. The third-order valence-corrected chi connectivity index (χ3v) is 6.21. The molecule has 0 unspecified atom stereocenters. The molecule has 0 aromatic heterocycles. The number of nitrogens with zero attached hydrogens (tertiary/aromatic N) is 2. The maximum absolute atomic E-state index is 6.48. The van der Waals surface area contributed by atoms with Crippen molar-refractivity contribution in [1.82, 2.24) is 0 Å². The first kappa shape index (κ1) is 21.0. The minimum absolute atomic E-state index is 0.0414. The van der Waals surface area contributed by atoms with E-state index in [2.05, 4.69) is 46.6 Å². The largest absolute Gasteiger partial charge is 0.370 e. The number of fused-ring (bicyclic) bond motifs is 1. The molecule has 5 heteroatoms. The zero-order valence-electron chi connectivity index (χ0n) is 18.0. The third kappa shape index (κ3) is 4.80. The Balaban J connectivity index is 1.34. The van der Waals surface area contributed by atoms with Gasteiger partial charge in [-0.1, -0.05) is 91.0 Å². The van der Waals surface area contributed by atoms with E-state index in [1.165, 1.54) is 0 Å². The molecule has 0 saturated heterocycles. The van der Waals surface area contributed by atoms with Crippen molar-refractivity contribution >= 4 is 0 Å². The van der Waals surface area contributed by atoms with E-state index in [1.807, 2.05) is 54.6 Å². The van der Waals surface area contributed by atoms with Crippen LogP contribution in [0.15, 0.2) is 101 Å². The van der Waals surface area contributed by atoms with Crippen molar-refractivity contribution in [1.29, 1.82) is 0 Å². The summed E-state index contributed by atoms with van der Waals surface area (Å²) in [7, 11) is 0. The predicted octanol–water partition coefficient (Wildman–Crippen LogP) is 5.21. The Morgan fingerprint density at radius 3 is 1.50 bits per heavy atom. The van der Waals surface area contributed by atoms with Gasteiger partial charge in [0.2, 0.25) is 0 Å². The number of benzene rings is 3. The summed E-state index contributed by atoms with van der Waals surface area (Å²) in [6.45, 7) is 2.21. The third-order valence-electron chi connectivity index (χ3n) is 6.21. The summed E-state index contributed by atoms with van der Waals surface area (Å²) < 4.78 is 19.4. The fourth-order valence-electron chi connectivity index (χ4n) is 4.56. The van der Waals surface area contributed by atoms with Crippen molar-refractivity contribution < 1.29 is 14.2 Å². The van der Waals surface area contributed by atoms with Gasteiger partial charge in [-0.15, -0.1) is 0 Å². The predicted molar refractivity (Wildman–Crippen MR) is 122 cm³/mol. The van der Waals surface area contributed by atoms with Gasteiger partial charge in [-0.3, -0.25) is 0 Å². The molecule has 32 heavy (non-hydrogen) atoms. The van der Waals surface area contributed by atoms with Crippen LogP contribution in [0.3, 0.4) is 0 Å². The lowest BCUT2D eigenvalue weighted by Gasteiger charge is -2.27. The van der Waals surface area contributed by atoms with E-state index < -0.39 is 0 Å². The first-order valence-corrected chi connectivity index (χ1v) is 11.2. The van der Waals surface area contributed by atoms with Crippen LogP contribution in [0.25, 0.3) is 0 Å². The normalized spacial score (nSPS) is 26.3. The Labute approximate surface area is 189 Å². The quantitative estimate of drug-likeness (QED) is 0.470. The van der Waals surface area contributed by atoms with Gasteiger partial charge in [0.1, 0.15) is 18.2 Å². The van der Waals surface area contributed by atoms with Crippen LogP contribution in [0.5, 0.6) is 0 Å². The van der Waals surface area contributed by atoms with Crippen LogP contribution in [0.4, 0.5) is 0 Å². The van der Waals surface area contributed by atoms with Crippen molar-refractivity contribution in [2.75, 3.05) is 6.54 Å². The van der Waals surface area contributed by atoms with Gasteiger partial charge >= 0.3 is 0 Å². The molecule has 5 atom stereocenters. The Morgan fingerprint density at radius 1 is 0.562 bits per heavy atom. The lowest BCUT2D eigenvalue weighted by molar-refractivity contribution is -0.128. The van der Waals surface area contributed by atoms with Gasteiger partial charge in [0.15, 0.2) is 0 Å². The molecule has 5 rings (SSSR count). The van der Waals surface area contributed by atoms with Crippen molar-refractivity contribution in [2.24, 2.45) is 16.1 Å². The van der Waals surface area contributed by atoms with Gasteiger partial charge in [0.05, 0.1) is 32.5 Å². The molecule has 0 spiro atoms. The van der Waals surface area contributed by atoms with E-state index >= 15 is 0 Å². The van der Waals surface area contributed by atoms with E-state index in [0.29, 0.717) is 26.4 Å². The molecule has 1 aliphatic heterocycles. The van der Waals surface area contributed by atoms with Gasteiger partial charge in [0, 0.05) is 5.92 Å². The van der Waals surface area contributed by atoms with Crippen LogP contribution >= 0.6 is 0 Å². The molecule has 0 amide bonds. The van der Waals surface area contributed by atoms with E-state index in [-0.39, 0.29) is 30.3 Å². The molecule has 1 saturated carbocycles. The summed E-state index contributed by atoms with van der Waals surface area (Å²) in [6.07, 6.45) is -0.535. The molecular weight excluding hydrogens is 400 g/mol. The monoisotopic (exact) mass is 428 g/mol. The zero-order valence-corrected chi connectivity index (χ0v) is 18.0. The van der Waals surface area contributed by atoms with E-state index in [1.54, 1.807) is 0 Å². The number of ether oxygens (including phenoxy) is 3. The van der Waals surface area contributed by atoms with Gasteiger partial charge in [-0.05, 0) is 16.7 Å². The second-order valence-electron chi connectivity index (χ2n) is 8.38. The highest BCUT2D eigenvalue weighted by Gasteiger charge is 2.55. The lowest BCUT2D eigenvalue weighted by atomic mass is 10.0. The second kappa shape index (κ2) is 10.2. The number of rotatable bonds is 9. The summed E-state index contributed by atoms with van der Waals surface area (Å²) in [6, 6.07) is 30.7. The van der Waals surface area contributed by atoms with Crippen molar-refractivity contribution in [3.8, 4) is 0 Å². The molecule has 1 aliphatic carbocycles. The number of azo groups is 1. The minimum Gasteiger partial charge on any atom is -0.370 e. The van der Waals surface area contributed by atoms with Crippen LogP contribution < -0.4 is 0 Å². The van der Waals surface area contributed by atoms with E-state index in [4.69, 9.17) is 14.2 Å². The summed E-state index contributed by atoms with van der Waals surface area (Å²) in [4.78, 5) is 0. The highest BCUT2D eigenvalue weighted by molar-refractivity contribution is 5.17. The first-order chi connectivity index (χ1) is 15.9. The lowest BCUT2D eigenvalue weighted by Crippen LogP contribution is -2.38. The number of hydrogen-bond donors (Lipinski definition) is 0. The second-order valence-corrected chi connectivity index (χ2v) is 8.38. The van der Waals surface area contributed by atoms with E-state index in [0.717, 1.165) is 16.7 Å². The molecule has 3 aromatic carbocycles. The minimum atomic E-state index is -0.211. The topological polar surface area (TPSA) is 52.4 Å². The molecule has 0 N–H and O–H groups in total. The molecule has 0 radical (unpaired) electrons. The van der Waals surface area contributed by atoms with Crippen LogP contribution in [0, 0.1) is 5.92 Å². The molecule has 0 bridgehead atoms. The molecule has 164 valence electrons. The van der Waals surface area contributed by atoms with E-state index in [9.17, 15) is 0 Å². The molecular formula is C27H28N2O3. The molecule has 3 aromatic rings. The molecule has 5 nitrogen and oxygen atoms in total. The molecule has 2 aliphatic rings.